The molecular weight excluding hydrogens is 364 g/mol. The van der Waals surface area contributed by atoms with Crippen LogP contribution in [0.1, 0.15) is 38.3 Å². The average molecular weight is 397 g/mol. The maximum absolute atomic E-state index is 13.2. The summed E-state index contributed by atoms with van der Waals surface area (Å²) in [7, 11) is 0. The van der Waals surface area contributed by atoms with Gasteiger partial charge in [-0.25, -0.2) is 0 Å². The van der Waals surface area contributed by atoms with E-state index >= 15 is 0 Å². The van der Waals surface area contributed by atoms with E-state index in [0.29, 0.717) is 38.8 Å². The highest BCUT2D eigenvalue weighted by Gasteiger charge is 2.22. The summed E-state index contributed by atoms with van der Waals surface area (Å²) >= 11 is 0. The lowest BCUT2D eigenvalue weighted by molar-refractivity contribution is -0.134. The average Bonchev–Trinajstić information content (AvgIpc) is 2.96. The van der Waals surface area contributed by atoms with Crippen LogP contribution in [0.5, 0.6) is 11.5 Å². The van der Waals surface area contributed by atoms with Crippen molar-refractivity contribution in [3.8, 4) is 11.5 Å². The molecule has 1 atom stereocenters. The van der Waals surface area contributed by atoms with Gasteiger partial charge in [0.2, 0.25) is 5.91 Å². The van der Waals surface area contributed by atoms with Gasteiger partial charge in [0, 0.05) is 26.1 Å². The SMILES string of the molecule is CC(C)CN(Cc1ccc2c(c1)OCCCO2)C(=O)[C@@H](C)NCc1ccccc1. The minimum Gasteiger partial charge on any atom is -0.490 e. The van der Waals surface area contributed by atoms with E-state index in [9.17, 15) is 4.79 Å². The first-order chi connectivity index (χ1) is 14.0. The fraction of sp³-hybridized carbons (Fsp3) is 0.458. The van der Waals surface area contributed by atoms with Gasteiger partial charge in [-0.1, -0.05) is 50.2 Å². The molecule has 0 fully saturated rings. The molecule has 1 N–H and O–H groups in total. The van der Waals surface area contributed by atoms with Crippen molar-refractivity contribution in [1.82, 2.24) is 10.2 Å². The number of hydrogen-bond donors (Lipinski definition) is 1. The number of ether oxygens (including phenoxy) is 2. The topological polar surface area (TPSA) is 50.8 Å². The van der Waals surface area contributed by atoms with Gasteiger partial charge in [-0.15, -0.1) is 0 Å². The third kappa shape index (κ3) is 6.23. The fourth-order valence-electron chi connectivity index (χ4n) is 3.43. The van der Waals surface area contributed by atoms with Gasteiger partial charge in [0.25, 0.3) is 0 Å². The minimum atomic E-state index is -0.255. The molecule has 0 spiro atoms. The van der Waals surface area contributed by atoms with Crippen molar-refractivity contribution >= 4 is 5.91 Å². The van der Waals surface area contributed by atoms with E-state index in [1.54, 1.807) is 0 Å². The highest BCUT2D eigenvalue weighted by atomic mass is 16.5. The Bertz CT molecular complexity index is 792. The molecule has 5 heteroatoms. The molecule has 0 unspecified atom stereocenters. The largest absolute Gasteiger partial charge is 0.490 e. The molecule has 1 aliphatic rings. The molecule has 5 nitrogen and oxygen atoms in total. The molecule has 1 amide bonds. The second kappa shape index (κ2) is 10.3. The van der Waals surface area contributed by atoms with Crippen molar-refractivity contribution in [2.24, 2.45) is 5.92 Å². The second-order valence-electron chi connectivity index (χ2n) is 8.03. The van der Waals surface area contributed by atoms with E-state index < -0.39 is 0 Å². The Balaban J connectivity index is 1.66. The predicted molar refractivity (Wildman–Crippen MR) is 115 cm³/mol. The van der Waals surface area contributed by atoms with E-state index in [2.05, 4.69) is 31.3 Å². The van der Waals surface area contributed by atoms with Crippen LogP contribution in [0.4, 0.5) is 0 Å². The van der Waals surface area contributed by atoms with Crippen molar-refractivity contribution in [2.75, 3.05) is 19.8 Å². The summed E-state index contributed by atoms with van der Waals surface area (Å²) in [5, 5.41) is 3.36. The van der Waals surface area contributed by atoms with Gasteiger partial charge in [-0.3, -0.25) is 4.79 Å². The molecule has 0 saturated heterocycles. The zero-order chi connectivity index (χ0) is 20.6. The first-order valence-electron chi connectivity index (χ1n) is 10.5. The normalized spacial score (nSPS) is 14.3. The van der Waals surface area contributed by atoms with Gasteiger partial charge < -0.3 is 19.7 Å². The van der Waals surface area contributed by atoms with Crippen LogP contribution < -0.4 is 14.8 Å². The molecule has 3 rings (SSSR count). The lowest BCUT2D eigenvalue weighted by Crippen LogP contribution is -2.45. The van der Waals surface area contributed by atoms with Gasteiger partial charge in [0.05, 0.1) is 19.3 Å². The first kappa shape index (κ1) is 21.2. The summed E-state index contributed by atoms with van der Waals surface area (Å²) in [4.78, 5) is 15.1. The molecule has 156 valence electrons. The first-order valence-corrected chi connectivity index (χ1v) is 10.5. The Labute approximate surface area is 174 Å². The van der Waals surface area contributed by atoms with Crippen LogP contribution in [0.3, 0.4) is 0 Å². The van der Waals surface area contributed by atoms with E-state index in [-0.39, 0.29) is 11.9 Å². The lowest BCUT2D eigenvalue weighted by atomic mass is 10.1. The molecule has 0 radical (unpaired) electrons. The van der Waals surface area contributed by atoms with Crippen LogP contribution in [0.2, 0.25) is 0 Å². The summed E-state index contributed by atoms with van der Waals surface area (Å²) in [6.45, 7) is 9.49. The molecule has 29 heavy (non-hydrogen) atoms. The Hall–Kier alpha value is -2.53. The Morgan fingerprint density at radius 1 is 1.00 bits per heavy atom. The molecule has 1 aliphatic heterocycles. The molecule has 1 heterocycles. The molecule has 0 bridgehead atoms. The number of nitrogens with zero attached hydrogens (tertiary/aromatic N) is 1. The van der Waals surface area contributed by atoms with Crippen LogP contribution in [0, 0.1) is 5.92 Å². The van der Waals surface area contributed by atoms with E-state index in [1.807, 2.05) is 48.2 Å². The third-order valence-corrected chi connectivity index (χ3v) is 4.91. The van der Waals surface area contributed by atoms with Crippen molar-refractivity contribution in [1.29, 1.82) is 0 Å². The van der Waals surface area contributed by atoms with Crippen LogP contribution in [0.25, 0.3) is 0 Å². The minimum absolute atomic E-state index is 0.113. The second-order valence-corrected chi connectivity index (χ2v) is 8.03. The number of fused-ring (bicyclic) bond motifs is 1. The van der Waals surface area contributed by atoms with Crippen LogP contribution in [-0.2, 0) is 17.9 Å². The van der Waals surface area contributed by atoms with Gasteiger partial charge in [0.1, 0.15) is 0 Å². The molecule has 0 saturated carbocycles. The molecule has 2 aromatic carbocycles. The smallest absolute Gasteiger partial charge is 0.239 e. The number of nitrogens with one attached hydrogen (secondary N) is 1. The number of benzene rings is 2. The van der Waals surface area contributed by atoms with E-state index in [0.717, 1.165) is 23.5 Å². The monoisotopic (exact) mass is 396 g/mol. The van der Waals surface area contributed by atoms with Gasteiger partial charge in [-0.2, -0.15) is 0 Å². The number of rotatable bonds is 8. The van der Waals surface area contributed by atoms with E-state index in [4.69, 9.17) is 9.47 Å². The van der Waals surface area contributed by atoms with Crippen molar-refractivity contribution in [3.05, 3.63) is 59.7 Å². The molecular formula is C24H32N2O3. The van der Waals surface area contributed by atoms with Gasteiger partial charge >= 0.3 is 0 Å². The third-order valence-electron chi connectivity index (χ3n) is 4.91. The van der Waals surface area contributed by atoms with Crippen molar-refractivity contribution in [3.63, 3.8) is 0 Å². The summed E-state index contributed by atoms with van der Waals surface area (Å²) < 4.78 is 11.5. The van der Waals surface area contributed by atoms with Gasteiger partial charge in [-0.05, 0) is 36.1 Å². The quantitative estimate of drug-likeness (QED) is 0.732. The molecule has 2 aromatic rings. The summed E-state index contributed by atoms with van der Waals surface area (Å²) in [5.41, 5.74) is 2.23. The fourth-order valence-corrected chi connectivity index (χ4v) is 3.43. The van der Waals surface area contributed by atoms with Gasteiger partial charge in [0.15, 0.2) is 11.5 Å². The highest BCUT2D eigenvalue weighted by molar-refractivity contribution is 5.81. The number of carbonyl (C=O) groups excluding carboxylic acids is 1. The standard InChI is InChI=1S/C24H32N2O3/c1-18(2)16-26(24(27)19(3)25-15-20-8-5-4-6-9-20)17-21-10-11-22-23(14-21)29-13-7-12-28-22/h4-6,8-11,14,18-19,25H,7,12-13,15-17H2,1-3H3/t19-/m1/s1. The Morgan fingerprint density at radius 2 is 1.72 bits per heavy atom. The zero-order valence-electron chi connectivity index (χ0n) is 17.7. The molecule has 0 aromatic heterocycles. The summed E-state index contributed by atoms with van der Waals surface area (Å²) in [6, 6.07) is 15.9. The zero-order valence-corrected chi connectivity index (χ0v) is 17.7. The maximum atomic E-state index is 13.2. The van der Waals surface area contributed by atoms with Crippen molar-refractivity contribution in [2.45, 2.75) is 46.3 Å². The van der Waals surface area contributed by atoms with Crippen molar-refractivity contribution < 1.29 is 14.3 Å². The van der Waals surface area contributed by atoms with Crippen LogP contribution in [-0.4, -0.2) is 36.6 Å². The highest BCUT2D eigenvalue weighted by Crippen LogP contribution is 2.31. The summed E-state index contributed by atoms with van der Waals surface area (Å²) in [6.07, 6.45) is 0.882. The predicted octanol–water partition coefficient (Wildman–Crippen LogP) is 4.01. The summed E-state index contributed by atoms with van der Waals surface area (Å²) in [5.74, 6) is 2.06. The molecule has 0 aliphatic carbocycles. The number of hydrogen-bond acceptors (Lipinski definition) is 4. The number of carbonyl (C=O) groups is 1. The number of amides is 1. The van der Waals surface area contributed by atoms with Crippen LogP contribution >= 0.6 is 0 Å². The van der Waals surface area contributed by atoms with E-state index in [1.165, 1.54) is 5.56 Å². The lowest BCUT2D eigenvalue weighted by Gasteiger charge is -2.28. The Kier molecular flexibility index (Phi) is 7.53. The Morgan fingerprint density at radius 3 is 2.45 bits per heavy atom. The maximum Gasteiger partial charge on any atom is 0.239 e. The van der Waals surface area contributed by atoms with Crippen LogP contribution in [0.15, 0.2) is 48.5 Å².